The van der Waals surface area contributed by atoms with Gasteiger partial charge in [0.25, 0.3) is 0 Å². The van der Waals surface area contributed by atoms with Crippen LogP contribution in [0.4, 0.5) is 0 Å². The zero-order chi connectivity index (χ0) is 13.5. The molecule has 1 rings (SSSR count). The van der Waals surface area contributed by atoms with Gasteiger partial charge in [-0.25, -0.2) is 4.98 Å². The second kappa shape index (κ2) is 8.87. The number of hydrogen-bond acceptors (Lipinski definition) is 4. The minimum atomic E-state index is 0. The van der Waals surface area contributed by atoms with Crippen LogP contribution in [0.2, 0.25) is 0 Å². The highest BCUT2D eigenvalue weighted by molar-refractivity contribution is 5.85. The zero-order valence-electron chi connectivity index (χ0n) is 11.8. The number of carbonyl (C=O) groups is 1. The first kappa shape index (κ1) is 17.9. The summed E-state index contributed by atoms with van der Waals surface area (Å²) in [6, 6.07) is 0.149. The number of rotatable bonds is 7. The Morgan fingerprint density at radius 1 is 1.47 bits per heavy atom. The topological polar surface area (TPSA) is 77.0 Å². The van der Waals surface area contributed by atoms with Crippen LogP contribution in [0.5, 0.6) is 0 Å². The SMILES string of the molecule is CC(C)C(N)CCN(C)C(=O)CCn1cncn1.Cl. The maximum absolute atomic E-state index is 11.8. The summed E-state index contributed by atoms with van der Waals surface area (Å²) in [7, 11) is 1.82. The molecular weight excluding hydrogens is 266 g/mol. The van der Waals surface area contributed by atoms with E-state index in [1.165, 1.54) is 6.33 Å². The van der Waals surface area contributed by atoms with E-state index in [1.807, 2.05) is 7.05 Å². The molecule has 1 unspecified atom stereocenters. The van der Waals surface area contributed by atoms with Gasteiger partial charge in [-0.15, -0.1) is 12.4 Å². The first-order valence-electron chi connectivity index (χ1n) is 6.32. The Labute approximate surface area is 120 Å². The molecule has 0 fully saturated rings. The highest BCUT2D eigenvalue weighted by Crippen LogP contribution is 2.04. The van der Waals surface area contributed by atoms with Gasteiger partial charge in [0, 0.05) is 26.1 Å². The number of nitrogens with two attached hydrogens (primary N) is 1. The van der Waals surface area contributed by atoms with Gasteiger partial charge in [0.1, 0.15) is 12.7 Å². The fourth-order valence-corrected chi connectivity index (χ4v) is 1.55. The van der Waals surface area contributed by atoms with Crippen LogP contribution in [0.15, 0.2) is 12.7 Å². The van der Waals surface area contributed by atoms with Crippen molar-refractivity contribution < 1.29 is 4.79 Å². The van der Waals surface area contributed by atoms with Gasteiger partial charge in [0.2, 0.25) is 5.91 Å². The van der Waals surface area contributed by atoms with E-state index in [0.717, 1.165) is 6.42 Å². The normalized spacial score (nSPS) is 12.1. The van der Waals surface area contributed by atoms with Gasteiger partial charge in [-0.05, 0) is 12.3 Å². The van der Waals surface area contributed by atoms with E-state index in [-0.39, 0.29) is 24.4 Å². The molecule has 19 heavy (non-hydrogen) atoms. The van der Waals surface area contributed by atoms with Crippen LogP contribution in [0.3, 0.4) is 0 Å². The van der Waals surface area contributed by atoms with Crippen LogP contribution in [0.25, 0.3) is 0 Å². The molecule has 0 spiro atoms. The van der Waals surface area contributed by atoms with Crippen molar-refractivity contribution in [3.05, 3.63) is 12.7 Å². The van der Waals surface area contributed by atoms with E-state index in [1.54, 1.807) is 15.9 Å². The summed E-state index contributed by atoms with van der Waals surface area (Å²) < 4.78 is 1.66. The van der Waals surface area contributed by atoms with Gasteiger partial charge in [-0.1, -0.05) is 13.8 Å². The molecule has 0 aliphatic rings. The molecule has 2 N–H and O–H groups in total. The molecule has 1 amide bonds. The standard InChI is InChI=1S/C12H23N5O.ClH/c1-10(2)11(13)4-6-16(3)12(18)5-7-17-9-14-8-15-17;/h8-11H,4-7,13H2,1-3H3;1H. The quantitative estimate of drug-likeness (QED) is 0.810. The van der Waals surface area contributed by atoms with Crippen molar-refractivity contribution in [2.24, 2.45) is 11.7 Å². The van der Waals surface area contributed by atoms with Gasteiger partial charge in [-0.2, -0.15) is 5.10 Å². The lowest BCUT2D eigenvalue weighted by Crippen LogP contribution is -2.35. The third kappa shape index (κ3) is 6.54. The Hall–Kier alpha value is -1.14. The predicted octanol–water partition coefficient (Wildman–Crippen LogP) is 0.922. The number of nitrogens with zero attached hydrogens (tertiary/aromatic N) is 4. The van der Waals surface area contributed by atoms with Crippen molar-refractivity contribution in [2.75, 3.05) is 13.6 Å². The summed E-state index contributed by atoms with van der Waals surface area (Å²) in [5.74, 6) is 0.560. The lowest BCUT2D eigenvalue weighted by atomic mass is 10.0. The summed E-state index contributed by atoms with van der Waals surface area (Å²) in [6.45, 7) is 5.46. The number of amides is 1. The molecular formula is C12H24ClN5O. The Morgan fingerprint density at radius 2 is 2.16 bits per heavy atom. The largest absolute Gasteiger partial charge is 0.346 e. The van der Waals surface area contributed by atoms with E-state index < -0.39 is 0 Å². The van der Waals surface area contributed by atoms with Crippen molar-refractivity contribution in [2.45, 2.75) is 39.3 Å². The average Bonchev–Trinajstić information content (AvgIpc) is 2.85. The maximum atomic E-state index is 11.8. The van der Waals surface area contributed by atoms with Crippen molar-refractivity contribution in [1.82, 2.24) is 19.7 Å². The first-order valence-corrected chi connectivity index (χ1v) is 6.32. The Bertz CT molecular complexity index is 355. The van der Waals surface area contributed by atoms with E-state index in [2.05, 4.69) is 23.9 Å². The van der Waals surface area contributed by atoms with Crippen LogP contribution in [0.1, 0.15) is 26.7 Å². The number of carbonyl (C=O) groups excluding carboxylic acids is 1. The van der Waals surface area contributed by atoms with Crippen LogP contribution in [-0.2, 0) is 11.3 Å². The monoisotopic (exact) mass is 289 g/mol. The summed E-state index contributed by atoms with van der Waals surface area (Å²) >= 11 is 0. The van der Waals surface area contributed by atoms with Crippen LogP contribution < -0.4 is 5.73 Å². The smallest absolute Gasteiger partial charge is 0.224 e. The molecule has 0 aliphatic carbocycles. The van der Waals surface area contributed by atoms with Crippen LogP contribution >= 0.6 is 12.4 Å². The second-order valence-electron chi connectivity index (χ2n) is 4.92. The van der Waals surface area contributed by atoms with Crippen molar-refractivity contribution in [3.8, 4) is 0 Å². The zero-order valence-corrected chi connectivity index (χ0v) is 12.6. The fraction of sp³-hybridized carbons (Fsp3) is 0.750. The Balaban J connectivity index is 0.00000324. The molecule has 7 heteroatoms. The number of aryl methyl sites for hydroxylation is 1. The molecule has 1 aromatic rings. The highest BCUT2D eigenvalue weighted by Gasteiger charge is 2.12. The molecule has 1 aromatic heterocycles. The summed E-state index contributed by atoms with van der Waals surface area (Å²) in [5, 5.41) is 3.96. The molecule has 6 nitrogen and oxygen atoms in total. The van der Waals surface area contributed by atoms with Crippen molar-refractivity contribution in [1.29, 1.82) is 0 Å². The van der Waals surface area contributed by atoms with Gasteiger partial charge in [0.15, 0.2) is 0 Å². The minimum Gasteiger partial charge on any atom is -0.346 e. The predicted molar refractivity (Wildman–Crippen MR) is 77.0 cm³/mol. The molecule has 0 saturated carbocycles. The van der Waals surface area contributed by atoms with E-state index >= 15 is 0 Å². The molecule has 110 valence electrons. The van der Waals surface area contributed by atoms with E-state index in [4.69, 9.17) is 5.73 Å². The minimum absolute atomic E-state index is 0. The Kier molecular flexibility index (Phi) is 8.34. The summed E-state index contributed by atoms with van der Waals surface area (Å²) in [4.78, 5) is 17.4. The molecule has 0 bridgehead atoms. The van der Waals surface area contributed by atoms with Crippen molar-refractivity contribution >= 4 is 18.3 Å². The van der Waals surface area contributed by atoms with Crippen LogP contribution in [0, 0.1) is 5.92 Å². The fourth-order valence-electron chi connectivity index (χ4n) is 1.55. The maximum Gasteiger partial charge on any atom is 0.224 e. The third-order valence-corrected chi connectivity index (χ3v) is 3.10. The molecule has 1 atom stereocenters. The van der Waals surface area contributed by atoms with Gasteiger partial charge < -0.3 is 10.6 Å². The van der Waals surface area contributed by atoms with Gasteiger partial charge >= 0.3 is 0 Å². The van der Waals surface area contributed by atoms with E-state index in [9.17, 15) is 4.79 Å². The summed E-state index contributed by atoms with van der Waals surface area (Å²) in [6.07, 6.45) is 4.36. The third-order valence-electron chi connectivity index (χ3n) is 3.10. The molecule has 0 aliphatic heterocycles. The number of halogens is 1. The van der Waals surface area contributed by atoms with Crippen molar-refractivity contribution in [3.63, 3.8) is 0 Å². The van der Waals surface area contributed by atoms with Gasteiger partial charge in [-0.3, -0.25) is 9.48 Å². The number of hydrogen-bond donors (Lipinski definition) is 1. The molecule has 1 heterocycles. The van der Waals surface area contributed by atoms with Gasteiger partial charge in [0.05, 0.1) is 6.54 Å². The Morgan fingerprint density at radius 3 is 2.68 bits per heavy atom. The second-order valence-corrected chi connectivity index (χ2v) is 4.92. The summed E-state index contributed by atoms with van der Waals surface area (Å²) in [5.41, 5.74) is 5.96. The molecule has 0 aromatic carbocycles. The average molecular weight is 290 g/mol. The lowest BCUT2D eigenvalue weighted by Gasteiger charge is -2.21. The van der Waals surface area contributed by atoms with Crippen LogP contribution in [-0.4, -0.2) is 45.2 Å². The first-order chi connectivity index (χ1) is 8.50. The highest BCUT2D eigenvalue weighted by atomic mass is 35.5. The molecule has 0 radical (unpaired) electrons. The number of aromatic nitrogens is 3. The molecule has 0 saturated heterocycles. The lowest BCUT2D eigenvalue weighted by molar-refractivity contribution is -0.130. The van der Waals surface area contributed by atoms with E-state index in [0.29, 0.717) is 25.4 Å².